The standard InChI is InChI=1S/C16H28N4OS.HI/c1-3-14-11-19-15(22-14)9-10-18-16(17-4-2)20-12-5-7-13(21)8-6-12;/h11-13,21H,3-10H2,1-2H3,(H2,17,18,20);1H. The molecule has 0 amide bonds. The van der Waals surface area contributed by atoms with Gasteiger partial charge in [-0.15, -0.1) is 35.3 Å². The van der Waals surface area contributed by atoms with Crippen LogP contribution in [0.3, 0.4) is 0 Å². The number of aliphatic hydroxyl groups excluding tert-OH is 1. The Labute approximate surface area is 160 Å². The molecule has 0 spiro atoms. The molecule has 23 heavy (non-hydrogen) atoms. The van der Waals surface area contributed by atoms with Crippen LogP contribution in [-0.4, -0.2) is 41.3 Å². The van der Waals surface area contributed by atoms with Gasteiger partial charge in [-0.1, -0.05) is 6.92 Å². The summed E-state index contributed by atoms with van der Waals surface area (Å²) in [6, 6.07) is 0.424. The Hall–Kier alpha value is -0.410. The second-order valence-corrected chi connectivity index (χ2v) is 6.93. The molecule has 1 aromatic rings. The summed E-state index contributed by atoms with van der Waals surface area (Å²) in [5.41, 5.74) is 0. The number of aromatic nitrogens is 1. The second-order valence-electron chi connectivity index (χ2n) is 5.73. The molecule has 1 aliphatic carbocycles. The molecule has 1 aliphatic rings. The number of hydrogen-bond donors (Lipinski definition) is 3. The van der Waals surface area contributed by atoms with Crippen molar-refractivity contribution in [1.29, 1.82) is 0 Å². The van der Waals surface area contributed by atoms with Crippen molar-refractivity contribution < 1.29 is 5.11 Å². The number of hydrogen-bond acceptors (Lipinski definition) is 4. The first kappa shape index (κ1) is 20.6. The Morgan fingerprint density at radius 3 is 2.70 bits per heavy atom. The van der Waals surface area contributed by atoms with Crippen LogP contribution >= 0.6 is 35.3 Å². The molecule has 0 atom stereocenters. The van der Waals surface area contributed by atoms with Crippen molar-refractivity contribution in [3.05, 3.63) is 16.1 Å². The summed E-state index contributed by atoms with van der Waals surface area (Å²) < 4.78 is 0. The maximum atomic E-state index is 9.57. The van der Waals surface area contributed by atoms with E-state index in [0.717, 1.165) is 62.6 Å². The SMILES string of the molecule is CCNC(=NCCc1ncc(CC)s1)NC1CCC(O)CC1.I. The summed E-state index contributed by atoms with van der Waals surface area (Å²) in [7, 11) is 0. The highest BCUT2D eigenvalue weighted by Crippen LogP contribution is 2.18. The van der Waals surface area contributed by atoms with Gasteiger partial charge in [-0.25, -0.2) is 4.98 Å². The minimum absolute atomic E-state index is 0. The molecule has 0 unspecified atom stereocenters. The number of nitrogens with zero attached hydrogens (tertiary/aromatic N) is 2. The first-order valence-corrected chi connectivity index (χ1v) is 9.19. The van der Waals surface area contributed by atoms with E-state index in [-0.39, 0.29) is 30.1 Å². The predicted molar refractivity (Wildman–Crippen MR) is 108 cm³/mol. The topological polar surface area (TPSA) is 69.5 Å². The van der Waals surface area contributed by atoms with Gasteiger partial charge in [0.15, 0.2) is 5.96 Å². The third-order valence-electron chi connectivity index (χ3n) is 3.93. The van der Waals surface area contributed by atoms with Gasteiger partial charge in [-0.3, -0.25) is 4.99 Å². The fourth-order valence-electron chi connectivity index (χ4n) is 2.62. The smallest absolute Gasteiger partial charge is 0.191 e. The highest BCUT2D eigenvalue weighted by atomic mass is 127. The lowest BCUT2D eigenvalue weighted by Gasteiger charge is -2.27. The number of aryl methyl sites for hydroxylation is 1. The van der Waals surface area contributed by atoms with Crippen LogP contribution in [-0.2, 0) is 12.8 Å². The Kier molecular flexibility index (Phi) is 10.0. The van der Waals surface area contributed by atoms with Gasteiger partial charge in [0, 0.05) is 36.6 Å². The van der Waals surface area contributed by atoms with E-state index < -0.39 is 0 Å². The molecule has 0 aromatic carbocycles. The Bertz CT molecular complexity index is 472. The summed E-state index contributed by atoms with van der Waals surface area (Å²) >= 11 is 1.78. The zero-order valence-corrected chi connectivity index (χ0v) is 17.2. The predicted octanol–water partition coefficient (Wildman–Crippen LogP) is 2.72. The zero-order valence-electron chi connectivity index (χ0n) is 14.0. The highest BCUT2D eigenvalue weighted by Gasteiger charge is 2.19. The number of halogens is 1. The van der Waals surface area contributed by atoms with E-state index in [1.165, 1.54) is 4.88 Å². The fraction of sp³-hybridized carbons (Fsp3) is 0.750. The van der Waals surface area contributed by atoms with Gasteiger partial charge in [0.2, 0.25) is 0 Å². The molecular weight excluding hydrogens is 423 g/mol. The first-order chi connectivity index (χ1) is 10.7. The number of rotatable bonds is 6. The van der Waals surface area contributed by atoms with Gasteiger partial charge >= 0.3 is 0 Å². The molecule has 132 valence electrons. The fourth-order valence-corrected chi connectivity index (χ4v) is 3.48. The molecule has 2 rings (SSSR count). The molecule has 5 nitrogen and oxygen atoms in total. The van der Waals surface area contributed by atoms with Crippen LogP contribution in [0.1, 0.15) is 49.4 Å². The lowest BCUT2D eigenvalue weighted by molar-refractivity contribution is 0.120. The molecule has 1 saturated carbocycles. The molecule has 1 heterocycles. The third kappa shape index (κ3) is 7.34. The Morgan fingerprint density at radius 1 is 1.35 bits per heavy atom. The first-order valence-electron chi connectivity index (χ1n) is 8.37. The van der Waals surface area contributed by atoms with E-state index in [1.54, 1.807) is 11.3 Å². The van der Waals surface area contributed by atoms with Crippen molar-refractivity contribution in [3.63, 3.8) is 0 Å². The van der Waals surface area contributed by atoms with E-state index >= 15 is 0 Å². The van der Waals surface area contributed by atoms with E-state index in [9.17, 15) is 5.11 Å². The normalized spacial score (nSPS) is 21.6. The average molecular weight is 452 g/mol. The molecule has 3 N–H and O–H groups in total. The maximum absolute atomic E-state index is 9.57. The molecule has 0 radical (unpaired) electrons. The molecule has 0 saturated heterocycles. The van der Waals surface area contributed by atoms with Crippen molar-refractivity contribution in [2.24, 2.45) is 4.99 Å². The third-order valence-corrected chi connectivity index (χ3v) is 5.13. The quantitative estimate of drug-likeness (QED) is 0.353. The minimum Gasteiger partial charge on any atom is -0.393 e. The summed E-state index contributed by atoms with van der Waals surface area (Å²) in [6.07, 6.45) is 7.60. The average Bonchev–Trinajstić information content (AvgIpc) is 2.98. The Morgan fingerprint density at radius 2 is 2.09 bits per heavy atom. The van der Waals surface area contributed by atoms with Crippen molar-refractivity contribution in [2.75, 3.05) is 13.1 Å². The van der Waals surface area contributed by atoms with Crippen molar-refractivity contribution in [1.82, 2.24) is 15.6 Å². The number of aliphatic hydroxyl groups is 1. The van der Waals surface area contributed by atoms with Crippen molar-refractivity contribution in [3.8, 4) is 0 Å². The van der Waals surface area contributed by atoms with Crippen LogP contribution < -0.4 is 10.6 Å². The van der Waals surface area contributed by atoms with Gasteiger partial charge in [-0.2, -0.15) is 0 Å². The van der Waals surface area contributed by atoms with E-state index in [4.69, 9.17) is 0 Å². The molecule has 0 bridgehead atoms. The van der Waals surface area contributed by atoms with Crippen LogP contribution in [0, 0.1) is 0 Å². The second kappa shape index (κ2) is 11.2. The zero-order chi connectivity index (χ0) is 15.8. The number of aliphatic imine (C=N–C) groups is 1. The summed E-state index contributed by atoms with van der Waals surface area (Å²) in [5.74, 6) is 0.885. The molecule has 1 fully saturated rings. The van der Waals surface area contributed by atoms with Crippen LogP contribution in [0.4, 0.5) is 0 Å². The Balaban J connectivity index is 0.00000264. The molecule has 0 aliphatic heterocycles. The highest BCUT2D eigenvalue weighted by molar-refractivity contribution is 14.0. The van der Waals surface area contributed by atoms with Gasteiger partial charge < -0.3 is 15.7 Å². The van der Waals surface area contributed by atoms with Crippen LogP contribution in [0.25, 0.3) is 0 Å². The minimum atomic E-state index is -0.116. The van der Waals surface area contributed by atoms with E-state index in [2.05, 4.69) is 34.5 Å². The monoisotopic (exact) mass is 452 g/mol. The largest absolute Gasteiger partial charge is 0.393 e. The summed E-state index contributed by atoms with van der Waals surface area (Å²) in [6.45, 7) is 5.85. The lowest BCUT2D eigenvalue weighted by atomic mass is 9.93. The van der Waals surface area contributed by atoms with Gasteiger partial charge in [0.25, 0.3) is 0 Å². The lowest BCUT2D eigenvalue weighted by Crippen LogP contribution is -2.45. The molecule has 1 aromatic heterocycles. The van der Waals surface area contributed by atoms with Gasteiger partial charge in [0.05, 0.1) is 11.1 Å². The van der Waals surface area contributed by atoms with E-state index in [0.29, 0.717) is 6.04 Å². The van der Waals surface area contributed by atoms with Crippen LogP contribution in [0.5, 0.6) is 0 Å². The summed E-state index contributed by atoms with van der Waals surface area (Å²) in [5, 5.41) is 17.5. The van der Waals surface area contributed by atoms with Crippen molar-refractivity contribution >= 4 is 41.3 Å². The van der Waals surface area contributed by atoms with Crippen LogP contribution in [0.2, 0.25) is 0 Å². The van der Waals surface area contributed by atoms with E-state index in [1.807, 2.05) is 6.20 Å². The number of guanidine groups is 1. The maximum Gasteiger partial charge on any atom is 0.191 e. The number of nitrogens with one attached hydrogen (secondary N) is 2. The van der Waals surface area contributed by atoms with Crippen LogP contribution in [0.15, 0.2) is 11.2 Å². The van der Waals surface area contributed by atoms with Gasteiger partial charge in [-0.05, 0) is 39.0 Å². The van der Waals surface area contributed by atoms with Crippen molar-refractivity contribution in [2.45, 2.75) is 64.5 Å². The van der Waals surface area contributed by atoms with Gasteiger partial charge in [0.1, 0.15) is 0 Å². The number of thiazole rings is 1. The molecular formula is C16H29IN4OS. The summed E-state index contributed by atoms with van der Waals surface area (Å²) in [4.78, 5) is 10.4. The molecule has 7 heteroatoms.